The maximum Gasteiger partial charge on any atom is 0.296 e. The van der Waals surface area contributed by atoms with Crippen molar-refractivity contribution in [2.75, 3.05) is 5.43 Å². The normalized spacial score (nSPS) is 19.6. The first-order chi connectivity index (χ1) is 11.9. The Labute approximate surface area is 149 Å². The monoisotopic (exact) mass is 421 g/mol. The third kappa shape index (κ3) is 4.23. The Kier molecular flexibility index (Phi) is 5.43. The van der Waals surface area contributed by atoms with Gasteiger partial charge in [-0.3, -0.25) is 14.5 Å². The van der Waals surface area contributed by atoms with Crippen LogP contribution >= 0.6 is 0 Å². The van der Waals surface area contributed by atoms with Gasteiger partial charge in [-0.15, -0.1) is 0 Å². The average Bonchev–Trinajstić information content (AvgIpc) is 2.51. The largest absolute Gasteiger partial charge is 0.303 e. The van der Waals surface area contributed by atoms with E-state index in [1.54, 1.807) is 0 Å². The highest BCUT2D eigenvalue weighted by molar-refractivity contribution is 7.90. The lowest BCUT2D eigenvalue weighted by atomic mass is 10.0. The Morgan fingerprint density at radius 1 is 1.08 bits per heavy atom. The quantitative estimate of drug-likeness (QED) is 0.284. The molecule has 4 N–H and O–H groups in total. The second-order valence-electron chi connectivity index (χ2n) is 4.86. The number of para-hydroxylation sites is 1. The number of hydrazone groups is 1. The zero-order chi connectivity index (χ0) is 19.7. The molecule has 140 valence electrons. The molecule has 0 aromatic heterocycles. The van der Waals surface area contributed by atoms with Crippen molar-refractivity contribution >= 4 is 52.5 Å². The molecule has 0 bridgehead atoms. The molecule has 0 fully saturated rings. The molecule has 26 heavy (non-hydrogen) atoms. The number of hydrogen-bond donors (Lipinski definition) is 4. The lowest BCUT2D eigenvalue weighted by molar-refractivity contribution is 0.481. The van der Waals surface area contributed by atoms with Crippen molar-refractivity contribution in [3.05, 3.63) is 36.4 Å². The molecule has 1 aromatic rings. The van der Waals surface area contributed by atoms with E-state index in [1.807, 2.05) is 0 Å². The average molecular weight is 421 g/mol. The Balaban J connectivity index is 2.58. The Bertz CT molecular complexity index is 1170. The summed E-state index contributed by atoms with van der Waals surface area (Å²) in [6, 6.07) is 5.00. The van der Waals surface area contributed by atoms with E-state index in [2.05, 4.69) is 10.5 Å². The molecule has 1 aromatic carbocycles. The van der Waals surface area contributed by atoms with Gasteiger partial charge in [-0.2, -0.15) is 30.4 Å². The second-order valence-corrected chi connectivity index (χ2v) is 8.66. The third-order valence-corrected chi connectivity index (χ3v) is 6.08. The summed E-state index contributed by atoms with van der Waals surface area (Å²) in [6.07, 6.45) is 1.92. The van der Waals surface area contributed by atoms with Gasteiger partial charge in [0.2, 0.25) is 10.3 Å². The van der Waals surface area contributed by atoms with Crippen LogP contribution in [-0.4, -0.2) is 55.9 Å². The van der Waals surface area contributed by atoms with Crippen LogP contribution in [-0.2, 0) is 30.5 Å². The zero-order valence-electron chi connectivity index (χ0n) is 12.6. The van der Waals surface area contributed by atoms with E-state index in [1.165, 1.54) is 18.2 Å². The standard InChI is InChI=1S/C12H11N3O8S3/c13-7-5-6-9(11(24(16)17)12(7)26(21,22)23)15-14-8-3-1-2-4-10(8)25(18,19)20/h1-6,12-14H,(H,18,19,20)(H,21,22,23). The molecule has 1 aliphatic rings. The van der Waals surface area contributed by atoms with Crippen molar-refractivity contribution in [2.45, 2.75) is 10.1 Å². The molecular weight excluding hydrogens is 410 g/mol. The number of rotatable bonds is 4. The summed E-state index contributed by atoms with van der Waals surface area (Å²) in [6.45, 7) is 0. The first kappa shape index (κ1) is 19.9. The van der Waals surface area contributed by atoms with Gasteiger partial charge >= 0.3 is 0 Å². The molecule has 1 aliphatic carbocycles. The lowest BCUT2D eigenvalue weighted by Gasteiger charge is -2.18. The minimum absolute atomic E-state index is 0.212. The molecule has 0 saturated carbocycles. The molecule has 14 heteroatoms. The Morgan fingerprint density at radius 3 is 2.23 bits per heavy atom. The smallest absolute Gasteiger partial charge is 0.296 e. The molecule has 11 nitrogen and oxygen atoms in total. The van der Waals surface area contributed by atoms with Gasteiger partial charge in [-0.25, -0.2) is 0 Å². The molecule has 0 spiro atoms. The van der Waals surface area contributed by atoms with Crippen molar-refractivity contribution in [1.29, 1.82) is 5.41 Å². The third-order valence-electron chi connectivity index (χ3n) is 3.13. The van der Waals surface area contributed by atoms with E-state index < -0.39 is 57.0 Å². The first-order valence-corrected chi connectivity index (χ1v) is 10.5. The van der Waals surface area contributed by atoms with Crippen LogP contribution < -0.4 is 5.43 Å². The minimum atomic E-state index is -4.97. The molecule has 0 heterocycles. The van der Waals surface area contributed by atoms with Crippen molar-refractivity contribution in [1.82, 2.24) is 0 Å². The molecule has 0 saturated heterocycles. The fourth-order valence-corrected chi connectivity index (χ4v) is 4.70. The van der Waals surface area contributed by atoms with E-state index in [0.29, 0.717) is 0 Å². The van der Waals surface area contributed by atoms with Gasteiger partial charge in [-0.05, 0) is 24.3 Å². The van der Waals surface area contributed by atoms with Crippen LogP contribution in [0.15, 0.2) is 46.4 Å². The van der Waals surface area contributed by atoms with Gasteiger partial charge in [-0.1, -0.05) is 12.1 Å². The molecule has 1 unspecified atom stereocenters. The van der Waals surface area contributed by atoms with Crippen LogP contribution in [0.2, 0.25) is 0 Å². The van der Waals surface area contributed by atoms with E-state index in [0.717, 1.165) is 18.2 Å². The summed E-state index contributed by atoms with van der Waals surface area (Å²) in [7, 11) is -12.7. The summed E-state index contributed by atoms with van der Waals surface area (Å²) in [5.74, 6) is 0. The maximum atomic E-state index is 11.4. The Morgan fingerprint density at radius 2 is 1.69 bits per heavy atom. The predicted octanol–water partition coefficient (Wildman–Crippen LogP) is -0.401. The summed E-state index contributed by atoms with van der Waals surface area (Å²) >= 11 is 0. The van der Waals surface area contributed by atoms with E-state index >= 15 is 0 Å². The number of nitrogens with one attached hydrogen (secondary N) is 2. The number of anilines is 1. The van der Waals surface area contributed by atoms with Gasteiger partial charge in [0.25, 0.3) is 20.2 Å². The van der Waals surface area contributed by atoms with Gasteiger partial charge in [0.05, 0.1) is 11.4 Å². The van der Waals surface area contributed by atoms with Crippen molar-refractivity contribution in [2.24, 2.45) is 5.10 Å². The Hall–Kier alpha value is -2.39. The highest BCUT2D eigenvalue weighted by Crippen LogP contribution is 2.21. The summed E-state index contributed by atoms with van der Waals surface area (Å²) in [5.41, 5.74) is 0.845. The van der Waals surface area contributed by atoms with Gasteiger partial charge in [0.1, 0.15) is 15.5 Å². The SMILES string of the molecule is N=C1C=CC(=NNc2ccccc2S(=O)(=O)O)C(=S(=O)=O)C1S(=O)(=O)O. The number of allylic oxidation sites excluding steroid dienone is 2. The number of hydrogen-bond acceptors (Lipinski definition) is 9. The molecule has 0 radical (unpaired) electrons. The van der Waals surface area contributed by atoms with Gasteiger partial charge in [0, 0.05) is 0 Å². The van der Waals surface area contributed by atoms with Crippen LogP contribution in [0.3, 0.4) is 0 Å². The van der Waals surface area contributed by atoms with Crippen LogP contribution in [0.1, 0.15) is 0 Å². The minimum Gasteiger partial charge on any atom is -0.303 e. The highest BCUT2D eigenvalue weighted by Gasteiger charge is 2.38. The second kappa shape index (κ2) is 7.08. The predicted molar refractivity (Wildman–Crippen MR) is 93.4 cm³/mol. The fraction of sp³-hybridized carbons (Fsp3) is 0.0833. The molecule has 0 amide bonds. The van der Waals surface area contributed by atoms with Gasteiger partial charge in [0.15, 0.2) is 5.25 Å². The molecule has 1 atom stereocenters. The summed E-state index contributed by atoms with van der Waals surface area (Å²) < 4.78 is 86.6. The lowest BCUT2D eigenvalue weighted by Crippen LogP contribution is -2.43. The van der Waals surface area contributed by atoms with Crippen LogP contribution in [0.5, 0.6) is 0 Å². The van der Waals surface area contributed by atoms with E-state index in [-0.39, 0.29) is 5.69 Å². The highest BCUT2D eigenvalue weighted by atomic mass is 32.2. The van der Waals surface area contributed by atoms with Gasteiger partial charge < -0.3 is 5.41 Å². The van der Waals surface area contributed by atoms with E-state index in [9.17, 15) is 29.8 Å². The zero-order valence-corrected chi connectivity index (χ0v) is 15.0. The van der Waals surface area contributed by atoms with Crippen LogP contribution in [0.4, 0.5) is 5.69 Å². The molecule has 0 aliphatic heterocycles. The molecule has 2 rings (SSSR count). The fourth-order valence-electron chi connectivity index (χ4n) is 2.08. The molecular formula is C12H11N3O8S3. The number of nitrogens with zero attached hydrogens (tertiary/aromatic N) is 1. The van der Waals surface area contributed by atoms with Crippen molar-refractivity contribution in [3.8, 4) is 0 Å². The topological polar surface area (TPSA) is 191 Å². The van der Waals surface area contributed by atoms with Crippen LogP contribution in [0, 0.1) is 5.41 Å². The van der Waals surface area contributed by atoms with Crippen molar-refractivity contribution < 1.29 is 34.4 Å². The maximum absolute atomic E-state index is 11.4. The van der Waals surface area contributed by atoms with Crippen LogP contribution in [0.25, 0.3) is 0 Å². The van der Waals surface area contributed by atoms with E-state index in [4.69, 9.17) is 9.96 Å². The number of benzene rings is 1. The van der Waals surface area contributed by atoms with Crippen molar-refractivity contribution in [3.63, 3.8) is 0 Å². The first-order valence-electron chi connectivity index (χ1n) is 6.52. The summed E-state index contributed by atoms with van der Waals surface area (Å²) in [5, 5.41) is 8.99. The summed E-state index contributed by atoms with van der Waals surface area (Å²) in [4.78, 5) is -1.44.